The fourth-order valence-corrected chi connectivity index (χ4v) is 2.63. The summed E-state index contributed by atoms with van der Waals surface area (Å²) in [4.78, 5) is 28.9. The number of rotatable bonds is 4. The quantitative estimate of drug-likeness (QED) is 0.696. The van der Waals surface area contributed by atoms with E-state index in [9.17, 15) is 9.36 Å². The predicted molar refractivity (Wildman–Crippen MR) is 58.3 cm³/mol. The van der Waals surface area contributed by atoms with Gasteiger partial charge >= 0.3 is 13.6 Å². The third-order valence-corrected chi connectivity index (χ3v) is 3.81. The molecule has 0 aliphatic rings. The molecule has 5 nitrogen and oxygen atoms in total. The van der Waals surface area contributed by atoms with Gasteiger partial charge in [-0.05, 0) is 5.56 Å². The lowest BCUT2D eigenvalue weighted by Crippen LogP contribution is -2.26. The zero-order chi connectivity index (χ0) is 12.3. The smallest absolute Gasteiger partial charge is 0.340 e. The summed E-state index contributed by atoms with van der Waals surface area (Å²) in [6.45, 7) is 1.49. The number of hydrogen-bond donors (Lipinski definition) is 3. The van der Waals surface area contributed by atoms with Crippen molar-refractivity contribution in [3.63, 3.8) is 0 Å². The van der Waals surface area contributed by atoms with Crippen LogP contribution in [-0.4, -0.2) is 26.5 Å². The number of aliphatic carboxylic acids is 1. The maximum atomic E-state index is 11.1. The molecule has 0 aliphatic carbocycles. The van der Waals surface area contributed by atoms with E-state index in [1.807, 2.05) is 0 Å². The molecular weight excluding hydrogens is 231 g/mol. The van der Waals surface area contributed by atoms with E-state index in [0.717, 1.165) is 0 Å². The minimum atomic E-state index is -4.65. The lowest BCUT2D eigenvalue weighted by atomic mass is 9.97. The second-order valence-electron chi connectivity index (χ2n) is 3.57. The number of benzene rings is 1. The SMILES string of the molecule is CC(c1ccccc1)C(C(=O)O)P(=O)(O)O. The van der Waals surface area contributed by atoms with Crippen LogP contribution in [0.1, 0.15) is 18.4 Å². The van der Waals surface area contributed by atoms with E-state index >= 15 is 0 Å². The monoisotopic (exact) mass is 244 g/mol. The van der Waals surface area contributed by atoms with Gasteiger partial charge in [-0.1, -0.05) is 37.3 Å². The maximum absolute atomic E-state index is 11.1. The molecule has 88 valence electrons. The highest BCUT2D eigenvalue weighted by atomic mass is 31.2. The molecule has 0 heterocycles. The Bertz CT molecular complexity index is 410. The van der Waals surface area contributed by atoms with Crippen LogP contribution in [0.5, 0.6) is 0 Å². The normalized spacial score (nSPS) is 15.4. The van der Waals surface area contributed by atoms with E-state index in [1.54, 1.807) is 30.3 Å². The Morgan fingerprint density at radius 3 is 2.12 bits per heavy atom. The largest absolute Gasteiger partial charge is 0.481 e. The van der Waals surface area contributed by atoms with Crippen LogP contribution in [0.4, 0.5) is 0 Å². The van der Waals surface area contributed by atoms with Gasteiger partial charge in [0.15, 0.2) is 5.66 Å². The lowest BCUT2D eigenvalue weighted by molar-refractivity contribution is -0.137. The first-order valence-electron chi connectivity index (χ1n) is 4.67. The fourth-order valence-electron chi connectivity index (χ4n) is 1.59. The zero-order valence-corrected chi connectivity index (χ0v) is 9.54. The number of hydrogen-bond acceptors (Lipinski definition) is 2. The Morgan fingerprint density at radius 2 is 1.75 bits per heavy atom. The number of carboxylic acid groups (broad SMARTS) is 1. The molecule has 1 aromatic carbocycles. The molecule has 0 aliphatic heterocycles. The van der Waals surface area contributed by atoms with Crippen molar-refractivity contribution in [1.29, 1.82) is 0 Å². The third-order valence-electron chi connectivity index (χ3n) is 2.41. The Hall–Kier alpha value is -1.16. The van der Waals surface area contributed by atoms with Gasteiger partial charge in [0.25, 0.3) is 0 Å². The van der Waals surface area contributed by atoms with Crippen LogP contribution >= 0.6 is 7.60 Å². The molecule has 0 radical (unpaired) electrons. The second kappa shape index (κ2) is 4.78. The van der Waals surface area contributed by atoms with Gasteiger partial charge in [0.2, 0.25) is 0 Å². The lowest BCUT2D eigenvalue weighted by Gasteiger charge is -2.21. The predicted octanol–water partition coefficient (Wildman–Crippen LogP) is 1.42. The molecule has 0 aromatic heterocycles. The molecule has 2 atom stereocenters. The summed E-state index contributed by atoms with van der Waals surface area (Å²) in [5, 5.41) is 8.85. The van der Waals surface area contributed by atoms with Gasteiger partial charge in [-0.15, -0.1) is 0 Å². The van der Waals surface area contributed by atoms with Crippen LogP contribution in [-0.2, 0) is 9.36 Å². The van der Waals surface area contributed by atoms with Crippen LogP contribution in [0.3, 0.4) is 0 Å². The summed E-state index contributed by atoms with van der Waals surface area (Å²) in [6, 6.07) is 8.45. The van der Waals surface area contributed by atoms with Crippen molar-refractivity contribution in [3.8, 4) is 0 Å². The first-order valence-corrected chi connectivity index (χ1v) is 6.35. The van der Waals surface area contributed by atoms with Crippen LogP contribution in [0.2, 0.25) is 0 Å². The van der Waals surface area contributed by atoms with Gasteiger partial charge in [0, 0.05) is 5.92 Å². The van der Waals surface area contributed by atoms with Gasteiger partial charge in [0.1, 0.15) is 0 Å². The topological polar surface area (TPSA) is 94.8 Å². The Balaban J connectivity index is 3.07. The van der Waals surface area contributed by atoms with E-state index in [4.69, 9.17) is 14.9 Å². The summed E-state index contributed by atoms with van der Waals surface area (Å²) < 4.78 is 11.1. The van der Waals surface area contributed by atoms with E-state index < -0.39 is 25.1 Å². The highest BCUT2D eigenvalue weighted by molar-refractivity contribution is 7.53. The van der Waals surface area contributed by atoms with Crippen molar-refractivity contribution in [1.82, 2.24) is 0 Å². The molecule has 0 fully saturated rings. The molecule has 16 heavy (non-hydrogen) atoms. The number of carboxylic acids is 1. The van der Waals surface area contributed by atoms with Gasteiger partial charge in [0.05, 0.1) is 0 Å². The molecule has 3 N–H and O–H groups in total. The molecule has 1 rings (SSSR count). The summed E-state index contributed by atoms with van der Waals surface area (Å²) in [5.74, 6) is -2.22. The fraction of sp³-hybridized carbons (Fsp3) is 0.300. The minimum Gasteiger partial charge on any atom is -0.481 e. The molecule has 0 amide bonds. The minimum absolute atomic E-state index is 0.596. The molecule has 0 saturated heterocycles. The van der Waals surface area contributed by atoms with E-state index in [0.29, 0.717) is 5.56 Å². The van der Waals surface area contributed by atoms with Crippen molar-refractivity contribution in [2.75, 3.05) is 0 Å². The first kappa shape index (κ1) is 12.9. The van der Waals surface area contributed by atoms with Gasteiger partial charge < -0.3 is 14.9 Å². The van der Waals surface area contributed by atoms with Crippen molar-refractivity contribution in [2.45, 2.75) is 18.5 Å². The highest BCUT2D eigenvalue weighted by Crippen LogP contribution is 2.47. The number of carbonyl (C=O) groups is 1. The Kier molecular flexibility index (Phi) is 3.86. The Morgan fingerprint density at radius 1 is 1.25 bits per heavy atom. The van der Waals surface area contributed by atoms with Crippen LogP contribution in [0.15, 0.2) is 30.3 Å². The molecular formula is C10H13O5P. The second-order valence-corrected chi connectivity index (χ2v) is 5.31. The third kappa shape index (κ3) is 2.92. The van der Waals surface area contributed by atoms with Crippen molar-refractivity contribution in [2.24, 2.45) is 0 Å². The van der Waals surface area contributed by atoms with Crippen LogP contribution in [0.25, 0.3) is 0 Å². The van der Waals surface area contributed by atoms with Gasteiger partial charge in [-0.2, -0.15) is 0 Å². The summed E-state index contributed by atoms with van der Waals surface area (Å²) in [7, 11) is -4.65. The van der Waals surface area contributed by atoms with Gasteiger partial charge in [-0.25, -0.2) is 0 Å². The average molecular weight is 244 g/mol. The van der Waals surface area contributed by atoms with E-state index in [2.05, 4.69) is 0 Å². The highest BCUT2D eigenvalue weighted by Gasteiger charge is 2.40. The van der Waals surface area contributed by atoms with E-state index in [-0.39, 0.29) is 0 Å². The van der Waals surface area contributed by atoms with Crippen molar-refractivity contribution in [3.05, 3.63) is 35.9 Å². The van der Waals surface area contributed by atoms with Crippen LogP contribution < -0.4 is 0 Å². The average Bonchev–Trinajstić information content (AvgIpc) is 2.16. The van der Waals surface area contributed by atoms with Crippen LogP contribution in [0, 0.1) is 0 Å². The molecule has 0 spiro atoms. The van der Waals surface area contributed by atoms with Crippen molar-refractivity contribution >= 4 is 13.6 Å². The Labute approximate surface area is 92.9 Å². The summed E-state index contributed by atoms with van der Waals surface area (Å²) in [6.07, 6.45) is 0. The maximum Gasteiger partial charge on any atom is 0.340 e. The molecule has 0 bridgehead atoms. The first-order chi connectivity index (χ1) is 7.34. The zero-order valence-electron chi connectivity index (χ0n) is 8.65. The molecule has 1 aromatic rings. The standard InChI is InChI=1S/C10H13O5P/c1-7(8-5-3-2-4-6-8)9(10(11)12)16(13,14)15/h2-7,9H,1H3,(H,11,12)(H2,13,14,15). The van der Waals surface area contributed by atoms with Crippen molar-refractivity contribution < 1.29 is 24.3 Å². The molecule has 0 saturated carbocycles. The summed E-state index contributed by atoms with van der Waals surface area (Å²) in [5.41, 5.74) is -1.10. The van der Waals surface area contributed by atoms with Gasteiger partial charge in [-0.3, -0.25) is 9.36 Å². The summed E-state index contributed by atoms with van der Waals surface area (Å²) >= 11 is 0. The van der Waals surface area contributed by atoms with E-state index in [1.165, 1.54) is 6.92 Å². The molecule has 6 heteroatoms. The molecule has 2 unspecified atom stereocenters.